The largest absolute Gasteiger partial charge is 0.259 e. The van der Waals surface area contributed by atoms with E-state index in [0.717, 1.165) is 18.5 Å². The molecule has 1 saturated heterocycles. The van der Waals surface area contributed by atoms with Gasteiger partial charge >= 0.3 is 0 Å². The summed E-state index contributed by atoms with van der Waals surface area (Å²) in [6.07, 6.45) is 0. The van der Waals surface area contributed by atoms with Crippen LogP contribution in [-0.4, -0.2) is 0 Å². The van der Waals surface area contributed by atoms with Crippen LogP contribution in [0.3, 0.4) is 0 Å². The van der Waals surface area contributed by atoms with Gasteiger partial charge in [0.1, 0.15) is 0 Å². The lowest BCUT2D eigenvalue weighted by atomic mass is 10.2. The van der Waals surface area contributed by atoms with Gasteiger partial charge in [-0.15, -0.1) is 0 Å². The molecule has 1 fully saturated rings. The molecule has 0 spiro atoms. The third-order valence-electron chi connectivity index (χ3n) is 2.76. The highest BCUT2D eigenvalue weighted by atomic mass is 33.9. The highest BCUT2D eigenvalue weighted by Crippen LogP contribution is 3.10. The summed E-state index contributed by atoms with van der Waals surface area (Å²) in [7, 11) is 0. The van der Waals surface area contributed by atoms with Crippen molar-refractivity contribution in [2.75, 3.05) is 0 Å². The summed E-state index contributed by atoms with van der Waals surface area (Å²) in [5.74, 6) is 2.31. The van der Waals surface area contributed by atoms with Crippen LogP contribution in [0.1, 0.15) is 11.1 Å². The fourth-order valence-electron chi connectivity index (χ4n) is 1.70. The maximum absolute atomic E-state index is 2.24. The van der Waals surface area contributed by atoms with Crippen molar-refractivity contribution in [3.05, 3.63) is 71.8 Å². The summed E-state index contributed by atoms with van der Waals surface area (Å²) in [5, 5.41) is 0. The van der Waals surface area contributed by atoms with E-state index in [0.29, 0.717) is 0 Å². The van der Waals surface area contributed by atoms with Crippen LogP contribution in [0.4, 0.5) is 0 Å². The second-order valence-corrected chi connectivity index (χ2v) is 25.4. The van der Waals surface area contributed by atoms with Crippen molar-refractivity contribution >= 4 is 55.8 Å². The van der Waals surface area contributed by atoms with E-state index in [2.05, 4.69) is 105 Å². The second-order valence-electron chi connectivity index (χ2n) is 4.23. The zero-order valence-corrected chi connectivity index (χ0v) is 15.9. The quantitative estimate of drug-likeness (QED) is 0.480. The molecule has 0 amide bonds. The van der Waals surface area contributed by atoms with Gasteiger partial charge < -0.3 is 0 Å². The molecule has 0 radical (unpaired) electrons. The molecule has 0 atom stereocenters. The van der Waals surface area contributed by atoms with Gasteiger partial charge in [0, 0.05) is 0 Å². The molecule has 0 unspecified atom stereocenters. The Hall–Kier alpha value is 0.700. The molecule has 104 valence electrons. The fourth-order valence-corrected chi connectivity index (χ4v) is 34.5. The summed E-state index contributed by atoms with van der Waals surface area (Å²) in [5.41, 5.74) is 2.90. The van der Waals surface area contributed by atoms with Gasteiger partial charge in [0.25, 0.3) is 4.07 Å². The van der Waals surface area contributed by atoms with E-state index in [1.54, 1.807) is 0 Å². The third-order valence-corrected chi connectivity index (χ3v) is 36.5. The molecule has 0 aliphatic carbocycles. The Labute approximate surface area is 138 Å². The molecule has 20 heavy (non-hydrogen) atoms. The molecular weight excluding hydrogens is 358 g/mol. The average Bonchev–Trinajstić information content (AvgIpc) is 2.48. The van der Waals surface area contributed by atoms with Gasteiger partial charge in [-0.1, -0.05) is 60.7 Å². The van der Waals surface area contributed by atoms with Crippen LogP contribution >= 0.6 is 55.8 Å². The molecule has 1 aliphatic rings. The minimum atomic E-state index is -0.922. The van der Waals surface area contributed by atoms with E-state index in [4.69, 9.17) is 0 Å². The van der Waals surface area contributed by atoms with Crippen LogP contribution < -0.4 is 0 Å². The van der Waals surface area contributed by atoms with Crippen molar-refractivity contribution in [3.63, 3.8) is 0 Å². The number of hydrogen-bond donors (Lipinski definition) is 0. The van der Waals surface area contributed by atoms with Crippen LogP contribution in [0.2, 0.25) is 0 Å². The average molecular weight is 373 g/mol. The molecule has 2 aromatic carbocycles. The molecule has 0 bridgehead atoms. The van der Waals surface area contributed by atoms with Crippen LogP contribution in [-0.2, 0) is 11.5 Å². The van der Waals surface area contributed by atoms with Crippen LogP contribution in [0.25, 0.3) is 0 Å². The first kappa shape index (κ1) is 15.6. The first-order chi connectivity index (χ1) is 9.86. The molecule has 2 aromatic rings. The van der Waals surface area contributed by atoms with E-state index >= 15 is 0 Å². The predicted molar refractivity (Wildman–Crippen MR) is 106 cm³/mol. The summed E-state index contributed by atoms with van der Waals surface area (Å²) < 4.78 is -0.922. The Balaban J connectivity index is 1.55. The molecule has 0 aromatic heterocycles. The summed E-state index contributed by atoms with van der Waals surface area (Å²) in [4.78, 5) is 0. The molecule has 0 N–H and O–H groups in total. The van der Waals surface area contributed by atoms with Gasteiger partial charge in [-0.25, -0.2) is 0 Å². The molecular formula is C14H15P2S4+. The van der Waals surface area contributed by atoms with E-state index in [-0.39, 0.29) is 0 Å². The Kier molecular flexibility index (Phi) is 6.09. The Morgan fingerprint density at radius 2 is 1.20 bits per heavy atom. The lowest BCUT2D eigenvalue weighted by Gasteiger charge is -2.25. The topological polar surface area (TPSA) is 0 Å². The predicted octanol–water partition coefficient (Wildman–Crippen LogP) is 7.52. The highest BCUT2D eigenvalue weighted by molar-refractivity contribution is 9.60. The third kappa shape index (κ3) is 4.35. The van der Waals surface area contributed by atoms with Gasteiger partial charge in [0.15, 0.2) is 0 Å². The summed E-state index contributed by atoms with van der Waals surface area (Å²) >= 11 is 8.82. The van der Waals surface area contributed by atoms with Crippen molar-refractivity contribution in [2.24, 2.45) is 0 Å². The lowest BCUT2D eigenvalue weighted by Crippen LogP contribution is -1.83. The zero-order valence-electron chi connectivity index (χ0n) is 10.8. The standard InChI is InChI=1S/C14H15P2S4/c1-3-7-13(8-4-1)11-17-16(19-15-20-16)18-12-14-9-5-2-6-10-14/h1-10,15H,11-12H2/q+1. The fraction of sp³-hybridized carbons (Fsp3) is 0.143. The molecule has 6 heteroatoms. The number of rotatable bonds is 6. The first-order valence-electron chi connectivity index (χ1n) is 6.24. The SMILES string of the molecule is c1ccc(CS[P+]2(SCc3ccccc3)SPS2)cc1. The van der Waals surface area contributed by atoms with Crippen LogP contribution in [0.5, 0.6) is 0 Å². The van der Waals surface area contributed by atoms with Crippen molar-refractivity contribution in [1.29, 1.82) is 0 Å². The lowest BCUT2D eigenvalue weighted by molar-refractivity contribution is 1.43. The Morgan fingerprint density at radius 3 is 1.55 bits per heavy atom. The van der Waals surface area contributed by atoms with E-state index in [9.17, 15) is 0 Å². The molecule has 0 saturated carbocycles. The normalized spacial score (nSPS) is 16.6. The van der Waals surface area contributed by atoms with Gasteiger partial charge in [-0.05, 0) is 11.1 Å². The highest BCUT2D eigenvalue weighted by Gasteiger charge is 2.53. The summed E-state index contributed by atoms with van der Waals surface area (Å²) in [6.45, 7) is 1.05. The molecule has 3 rings (SSSR count). The minimum Gasteiger partial charge on any atom is -0.0622 e. The van der Waals surface area contributed by atoms with Crippen molar-refractivity contribution in [1.82, 2.24) is 0 Å². The first-order valence-corrected chi connectivity index (χ1v) is 16.5. The van der Waals surface area contributed by atoms with Gasteiger partial charge in [0.2, 0.25) is 0 Å². The molecule has 0 nitrogen and oxygen atoms in total. The van der Waals surface area contributed by atoms with E-state index in [1.165, 1.54) is 11.1 Å². The van der Waals surface area contributed by atoms with Gasteiger partial charge in [-0.2, -0.15) is 0 Å². The van der Waals surface area contributed by atoms with E-state index < -0.39 is 4.07 Å². The van der Waals surface area contributed by atoms with Crippen molar-refractivity contribution in [3.8, 4) is 0 Å². The van der Waals surface area contributed by atoms with Crippen LogP contribution in [0.15, 0.2) is 60.7 Å². The van der Waals surface area contributed by atoms with E-state index in [1.807, 2.05) is 0 Å². The van der Waals surface area contributed by atoms with Crippen molar-refractivity contribution < 1.29 is 0 Å². The number of benzene rings is 2. The van der Waals surface area contributed by atoms with Crippen molar-refractivity contribution in [2.45, 2.75) is 11.5 Å². The van der Waals surface area contributed by atoms with Gasteiger partial charge in [-0.3, -0.25) is 0 Å². The maximum Gasteiger partial charge on any atom is 0.259 e. The number of hydrogen-bond acceptors (Lipinski definition) is 4. The summed E-state index contributed by atoms with van der Waals surface area (Å²) in [6, 6.07) is 21.7. The Bertz CT molecular complexity index is 486. The van der Waals surface area contributed by atoms with Gasteiger partial charge in [0.05, 0.1) is 63.3 Å². The second kappa shape index (κ2) is 7.81. The smallest absolute Gasteiger partial charge is 0.0622 e. The zero-order chi connectivity index (χ0) is 13.7. The monoisotopic (exact) mass is 373 g/mol. The Morgan fingerprint density at radius 1 is 0.750 bits per heavy atom. The molecule has 1 aliphatic heterocycles. The maximum atomic E-state index is 2.24. The van der Waals surface area contributed by atoms with Crippen LogP contribution in [0, 0.1) is 0 Å². The molecule has 1 heterocycles. The minimum absolute atomic E-state index is 0.922.